The van der Waals surface area contributed by atoms with Gasteiger partial charge in [-0.25, -0.2) is 9.37 Å². The van der Waals surface area contributed by atoms with Gasteiger partial charge in [0.2, 0.25) is 17.3 Å². The third-order valence-corrected chi connectivity index (χ3v) is 7.16. The van der Waals surface area contributed by atoms with Gasteiger partial charge >= 0.3 is 0 Å². The van der Waals surface area contributed by atoms with Crippen LogP contribution in [0.1, 0.15) is 44.1 Å². The van der Waals surface area contributed by atoms with Crippen LogP contribution in [0.4, 0.5) is 15.9 Å². The molecule has 1 saturated heterocycles. The zero-order chi connectivity index (χ0) is 26.2. The number of ketones is 2. The predicted octanol–water partition coefficient (Wildman–Crippen LogP) is 2.79. The zero-order valence-corrected chi connectivity index (χ0v) is 20.6. The first-order chi connectivity index (χ1) is 18.5. The molecule has 0 spiro atoms. The summed E-state index contributed by atoms with van der Waals surface area (Å²) in [5.74, 6) is -0.185. The average molecular weight is 513 g/mol. The third-order valence-electron chi connectivity index (χ3n) is 7.16. The highest BCUT2D eigenvalue weighted by Crippen LogP contribution is 2.26. The van der Waals surface area contributed by atoms with Crippen LogP contribution in [-0.4, -0.2) is 52.5 Å². The molecule has 1 fully saturated rings. The van der Waals surface area contributed by atoms with Crippen LogP contribution in [0.15, 0.2) is 66.9 Å². The highest BCUT2D eigenvalue weighted by atomic mass is 19.1. The minimum atomic E-state index is -0.433. The maximum Gasteiger partial charge on any atom is 0.220 e. The lowest BCUT2D eigenvalue weighted by molar-refractivity contribution is -0.749. The molecule has 6 rings (SSSR count). The topological polar surface area (TPSA) is 98.3 Å². The molecular formula is C28H25FN6O3. The molecule has 0 N–H and O–H groups in total. The van der Waals surface area contributed by atoms with Crippen molar-refractivity contribution in [3.8, 4) is 0 Å². The number of hydrogen-bond donors (Lipinski definition) is 0. The van der Waals surface area contributed by atoms with Gasteiger partial charge in [0.05, 0.1) is 12.2 Å². The Morgan fingerprint density at radius 3 is 2.32 bits per heavy atom. The molecule has 0 saturated carbocycles. The molecule has 0 bridgehead atoms. The van der Waals surface area contributed by atoms with Crippen molar-refractivity contribution in [1.82, 2.24) is 14.8 Å². The number of carbonyl (C=O) groups excluding carboxylic acids is 2. The van der Waals surface area contributed by atoms with E-state index in [0.717, 1.165) is 24.5 Å². The van der Waals surface area contributed by atoms with E-state index in [9.17, 15) is 14.8 Å². The number of fused-ring (bicyclic) bond motifs is 2. The highest BCUT2D eigenvalue weighted by molar-refractivity contribution is 6.26. The number of aromatic nitrogens is 4. The average Bonchev–Trinajstić information content (AvgIpc) is 3.29. The Balaban J connectivity index is 1.10. The number of hydrogen-bond acceptors (Lipinski definition) is 7. The second-order valence-electron chi connectivity index (χ2n) is 9.43. The summed E-state index contributed by atoms with van der Waals surface area (Å²) in [6.45, 7) is 3.07. The van der Waals surface area contributed by atoms with Gasteiger partial charge < -0.3 is 15.0 Å². The lowest BCUT2D eigenvalue weighted by atomic mass is 9.90. The molecule has 0 amide bonds. The van der Waals surface area contributed by atoms with Gasteiger partial charge in [-0.1, -0.05) is 36.4 Å². The van der Waals surface area contributed by atoms with Crippen LogP contribution < -0.4 is 14.8 Å². The van der Waals surface area contributed by atoms with Crippen LogP contribution in [0.2, 0.25) is 0 Å². The van der Waals surface area contributed by atoms with Crippen molar-refractivity contribution in [3.05, 3.63) is 106 Å². The van der Waals surface area contributed by atoms with Gasteiger partial charge in [-0.05, 0) is 42.7 Å². The van der Waals surface area contributed by atoms with E-state index < -0.39 is 11.6 Å². The van der Waals surface area contributed by atoms with Gasteiger partial charge in [-0.3, -0.25) is 9.59 Å². The van der Waals surface area contributed by atoms with Crippen molar-refractivity contribution >= 4 is 23.1 Å². The van der Waals surface area contributed by atoms with Gasteiger partial charge in [0.1, 0.15) is 11.6 Å². The Hall–Kier alpha value is -4.60. The molecule has 1 aliphatic carbocycles. The van der Waals surface area contributed by atoms with Gasteiger partial charge in [-0.15, -0.1) is 4.68 Å². The third kappa shape index (κ3) is 4.17. The second kappa shape index (κ2) is 9.70. The number of benzene rings is 2. The number of aryl methyl sites for hydroxylation is 1. The number of anilines is 2. The van der Waals surface area contributed by atoms with Crippen molar-refractivity contribution < 1.29 is 18.9 Å². The lowest BCUT2D eigenvalue weighted by Crippen LogP contribution is -2.47. The Bertz CT molecular complexity index is 1530. The van der Waals surface area contributed by atoms with E-state index in [1.807, 2.05) is 29.2 Å². The Morgan fingerprint density at radius 2 is 1.61 bits per heavy atom. The van der Waals surface area contributed by atoms with Crippen molar-refractivity contribution in [1.29, 1.82) is 0 Å². The molecule has 0 unspecified atom stereocenters. The minimum Gasteiger partial charge on any atom is -0.571 e. The maximum atomic E-state index is 15.1. The number of rotatable bonds is 6. The second-order valence-corrected chi connectivity index (χ2v) is 9.43. The molecule has 3 heterocycles. The van der Waals surface area contributed by atoms with E-state index in [-0.39, 0.29) is 34.9 Å². The summed E-state index contributed by atoms with van der Waals surface area (Å²) in [5.41, 5.74) is 1.77. The summed E-state index contributed by atoms with van der Waals surface area (Å²) in [6, 6.07) is 17.5. The van der Waals surface area contributed by atoms with Crippen LogP contribution in [0.3, 0.4) is 0 Å². The van der Waals surface area contributed by atoms with Crippen LogP contribution in [0.5, 0.6) is 0 Å². The summed E-state index contributed by atoms with van der Waals surface area (Å²) < 4.78 is 16.3. The zero-order valence-electron chi connectivity index (χ0n) is 20.6. The fourth-order valence-electron chi connectivity index (χ4n) is 5.22. The smallest absolute Gasteiger partial charge is 0.220 e. The van der Waals surface area contributed by atoms with E-state index in [4.69, 9.17) is 0 Å². The molecule has 0 radical (unpaired) electrons. The standard InChI is InChI=1S/C28H25FN6O3/c29-22-18-19(10-11-23(22)32-14-16-33(17-15-32)24-9-3-4-12-30-24)6-5-13-34-26-25(31-35(34)38)27(36)20-7-1-2-8-21(20)28(26)37/h1-4,7-12,18H,5-6,13-17H2. The Labute approximate surface area is 218 Å². The molecule has 2 aliphatic rings. The van der Waals surface area contributed by atoms with Crippen molar-refractivity contribution in [2.45, 2.75) is 19.4 Å². The number of piperazine rings is 1. The van der Waals surface area contributed by atoms with Gasteiger partial charge in [0.25, 0.3) is 0 Å². The van der Waals surface area contributed by atoms with Gasteiger partial charge in [-0.2, -0.15) is 0 Å². The molecule has 0 atom stereocenters. The summed E-state index contributed by atoms with van der Waals surface area (Å²) >= 11 is 0. The van der Waals surface area contributed by atoms with E-state index in [1.165, 1.54) is 10.7 Å². The molecule has 10 heteroatoms. The predicted molar refractivity (Wildman–Crippen MR) is 138 cm³/mol. The molecule has 192 valence electrons. The summed E-state index contributed by atoms with van der Waals surface area (Å²) in [5, 5.41) is 16.3. The number of nitrogens with zero attached hydrogens (tertiary/aromatic N) is 6. The van der Waals surface area contributed by atoms with E-state index >= 15 is 4.39 Å². The monoisotopic (exact) mass is 512 g/mol. The number of carbonyl (C=O) groups is 2. The highest BCUT2D eigenvalue weighted by Gasteiger charge is 2.39. The summed E-state index contributed by atoms with van der Waals surface area (Å²) in [4.78, 5) is 34.7. The minimum absolute atomic E-state index is 0.00933. The molecule has 2 aromatic heterocycles. The van der Waals surface area contributed by atoms with E-state index in [2.05, 4.69) is 15.0 Å². The first-order valence-electron chi connectivity index (χ1n) is 12.6. The normalized spacial score (nSPS) is 15.0. The number of halogens is 1. The van der Waals surface area contributed by atoms with E-state index in [1.54, 1.807) is 36.5 Å². The van der Waals surface area contributed by atoms with Crippen LogP contribution in [0.25, 0.3) is 0 Å². The fraction of sp³-hybridized carbons (Fsp3) is 0.250. The maximum absolute atomic E-state index is 15.1. The largest absolute Gasteiger partial charge is 0.571 e. The van der Waals surface area contributed by atoms with Crippen molar-refractivity contribution in [2.24, 2.45) is 0 Å². The van der Waals surface area contributed by atoms with Crippen molar-refractivity contribution in [2.75, 3.05) is 36.0 Å². The van der Waals surface area contributed by atoms with Crippen molar-refractivity contribution in [3.63, 3.8) is 0 Å². The molecule has 2 aromatic carbocycles. The first kappa shape index (κ1) is 23.8. The SMILES string of the molecule is O=C1c2ccccc2C(=O)c2c1n[n+]([O-])n2CCCc1ccc(N2CCN(c3ccccn3)CC2)c(F)c1. The number of pyridine rings is 1. The Kier molecular flexibility index (Phi) is 6.07. The van der Waals surface area contributed by atoms with Crippen LogP contribution >= 0.6 is 0 Å². The Morgan fingerprint density at radius 1 is 0.895 bits per heavy atom. The van der Waals surface area contributed by atoms with Crippen LogP contribution in [0, 0.1) is 11.0 Å². The summed E-state index contributed by atoms with van der Waals surface area (Å²) in [7, 11) is 0. The molecule has 1 aliphatic heterocycles. The molecule has 4 aromatic rings. The van der Waals surface area contributed by atoms with Gasteiger partial charge in [0, 0.05) is 53.6 Å². The first-order valence-corrected chi connectivity index (χ1v) is 12.6. The van der Waals surface area contributed by atoms with Gasteiger partial charge in [0.15, 0.2) is 5.69 Å². The van der Waals surface area contributed by atoms with Crippen LogP contribution in [-0.2, 0) is 13.0 Å². The quantitative estimate of drug-likeness (QED) is 0.255. The molecule has 38 heavy (non-hydrogen) atoms. The lowest BCUT2D eigenvalue weighted by Gasteiger charge is -2.36. The molecule has 9 nitrogen and oxygen atoms in total. The summed E-state index contributed by atoms with van der Waals surface area (Å²) in [6.07, 6.45) is 2.74. The fourth-order valence-corrected chi connectivity index (χ4v) is 5.22. The molecular weight excluding hydrogens is 487 g/mol. The van der Waals surface area contributed by atoms with E-state index in [0.29, 0.717) is 36.6 Å².